The molecule has 0 aromatic heterocycles. The van der Waals surface area contributed by atoms with Gasteiger partial charge in [-0.2, -0.15) is 0 Å². The van der Waals surface area contributed by atoms with Gasteiger partial charge in [0.05, 0.1) is 0 Å². The van der Waals surface area contributed by atoms with E-state index < -0.39 is 23.6 Å². The Morgan fingerprint density at radius 1 is 1.50 bits per heavy atom. The third-order valence-corrected chi connectivity index (χ3v) is 2.24. The lowest BCUT2D eigenvalue weighted by molar-refractivity contribution is 0.0693. The third-order valence-electron chi connectivity index (χ3n) is 2.24. The molecule has 0 spiro atoms. The first-order chi connectivity index (χ1) is 7.49. The Morgan fingerprint density at radius 2 is 2.12 bits per heavy atom. The highest BCUT2D eigenvalue weighted by atomic mass is 19.1. The molecule has 0 unspecified atom stereocenters. The van der Waals surface area contributed by atoms with E-state index in [1.54, 1.807) is 0 Å². The highest BCUT2D eigenvalue weighted by Gasteiger charge is 2.21. The van der Waals surface area contributed by atoms with Crippen LogP contribution in [0.4, 0.5) is 4.39 Å². The van der Waals surface area contributed by atoms with Crippen molar-refractivity contribution in [3.63, 3.8) is 0 Å². The van der Waals surface area contributed by atoms with Crippen LogP contribution in [0.5, 0.6) is 5.75 Å². The summed E-state index contributed by atoms with van der Waals surface area (Å²) in [6.07, 6.45) is 0.257. The Hall–Kier alpha value is -1.66. The molecule has 0 heterocycles. The second-order valence-corrected chi connectivity index (χ2v) is 3.35. The Kier molecular flexibility index (Phi) is 3.81. The Labute approximate surface area is 91.5 Å². The van der Waals surface area contributed by atoms with Crippen LogP contribution in [0.25, 0.3) is 0 Å². The Bertz CT molecular complexity index is 409. The van der Waals surface area contributed by atoms with Gasteiger partial charge in [0, 0.05) is 11.6 Å². The number of rotatable bonds is 4. The van der Waals surface area contributed by atoms with E-state index in [-0.39, 0.29) is 24.1 Å². The lowest BCUT2D eigenvalue weighted by Gasteiger charge is -2.14. The van der Waals surface area contributed by atoms with Crippen molar-refractivity contribution in [3.8, 4) is 5.75 Å². The molecule has 1 atom stereocenters. The first-order valence-electron chi connectivity index (χ1n) is 4.69. The van der Waals surface area contributed by atoms with Gasteiger partial charge in [0.2, 0.25) is 0 Å². The minimum atomic E-state index is -1.33. The molecule has 5 nitrogen and oxygen atoms in total. The summed E-state index contributed by atoms with van der Waals surface area (Å²) in [4.78, 5) is 10.7. The average molecular weight is 228 g/mol. The molecule has 0 saturated carbocycles. The standard InChI is InChI=1S/C10H13FN2O3/c11-6-2-1-5(10(15)16)9(14)8(6)7(13)3-4-12/h1-2,7,14H,3-4,12-13H2,(H,15,16)/t7-/m1/s1. The number of nitrogens with two attached hydrogens (primary N) is 2. The van der Waals surface area contributed by atoms with Crippen LogP contribution in [0.1, 0.15) is 28.4 Å². The maximum absolute atomic E-state index is 13.4. The van der Waals surface area contributed by atoms with E-state index in [1.807, 2.05) is 0 Å². The molecule has 0 saturated heterocycles. The molecular formula is C10H13FN2O3. The summed E-state index contributed by atoms with van der Waals surface area (Å²) in [7, 11) is 0. The van der Waals surface area contributed by atoms with E-state index in [0.717, 1.165) is 12.1 Å². The first kappa shape index (κ1) is 12.4. The molecule has 1 rings (SSSR count). The maximum Gasteiger partial charge on any atom is 0.339 e. The molecule has 0 aliphatic heterocycles. The van der Waals surface area contributed by atoms with Crippen LogP contribution in [0.2, 0.25) is 0 Å². The van der Waals surface area contributed by atoms with Gasteiger partial charge in [0.15, 0.2) is 0 Å². The van der Waals surface area contributed by atoms with Crippen LogP contribution >= 0.6 is 0 Å². The zero-order valence-electron chi connectivity index (χ0n) is 8.48. The van der Waals surface area contributed by atoms with Crippen molar-refractivity contribution in [2.45, 2.75) is 12.5 Å². The molecule has 0 bridgehead atoms. The molecule has 6 N–H and O–H groups in total. The van der Waals surface area contributed by atoms with Gasteiger partial charge in [-0.1, -0.05) is 0 Å². The third kappa shape index (κ3) is 2.29. The van der Waals surface area contributed by atoms with Gasteiger partial charge < -0.3 is 21.7 Å². The summed E-state index contributed by atoms with van der Waals surface area (Å²) < 4.78 is 13.4. The summed E-state index contributed by atoms with van der Waals surface area (Å²) in [6.45, 7) is 0.220. The van der Waals surface area contributed by atoms with Gasteiger partial charge in [-0.3, -0.25) is 0 Å². The molecule has 0 aliphatic carbocycles. The number of hydrogen-bond donors (Lipinski definition) is 4. The van der Waals surface area contributed by atoms with Crippen LogP contribution in [0, 0.1) is 5.82 Å². The molecule has 0 amide bonds. The van der Waals surface area contributed by atoms with E-state index in [0.29, 0.717) is 0 Å². The fraction of sp³-hybridized carbons (Fsp3) is 0.300. The van der Waals surface area contributed by atoms with E-state index in [4.69, 9.17) is 16.6 Å². The summed E-state index contributed by atoms with van der Waals surface area (Å²) >= 11 is 0. The van der Waals surface area contributed by atoms with Gasteiger partial charge in [-0.25, -0.2) is 9.18 Å². The van der Waals surface area contributed by atoms with Gasteiger partial charge in [-0.15, -0.1) is 0 Å². The predicted octanol–water partition coefficient (Wildman–Crippen LogP) is 0.578. The maximum atomic E-state index is 13.4. The van der Waals surface area contributed by atoms with Gasteiger partial charge in [0.1, 0.15) is 17.1 Å². The molecule has 16 heavy (non-hydrogen) atoms. The number of carboxylic acid groups (broad SMARTS) is 1. The second-order valence-electron chi connectivity index (χ2n) is 3.35. The molecule has 0 fully saturated rings. The zero-order chi connectivity index (χ0) is 12.3. The lowest BCUT2D eigenvalue weighted by atomic mass is 9.99. The number of phenols is 1. The number of halogens is 1. The van der Waals surface area contributed by atoms with Gasteiger partial charge in [-0.05, 0) is 25.1 Å². The van der Waals surface area contributed by atoms with Crippen LogP contribution in [0.15, 0.2) is 12.1 Å². The van der Waals surface area contributed by atoms with E-state index in [1.165, 1.54) is 0 Å². The fourth-order valence-electron chi connectivity index (χ4n) is 1.43. The topological polar surface area (TPSA) is 110 Å². The monoisotopic (exact) mass is 228 g/mol. The van der Waals surface area contributed by atoms with Crippen LogP contribution in [-0.2, 0) is 0 Å². The quantitative estimate of drug-likeness (QED) is 0.602. The van der Waals surface area contributed by atoms with Crippen molar-refractivity contribution < 1.29 is 19.4 Å². The van der Waals surface area contributed by atoms with Crippen LogP contribution in [0.3, 0.4) is 0 Å². The number of aromatic hydroxyl groups is 1. The van der Waals surface area contributed by atoms with Crippen molar-refractivity contribution in [2.75, 3.05) is 6.54 Å². The minimum Gasteiger partial charge on any atom is -0.507 e. The Balaban J connectivity index is 3.26. The second kappa shape index (κ2) is 4.91. The molecule has 88 valence electrons. The zero-order valence-corrected chi connectivity index (χ0v) is 8.48. The molecule has 0 aliphatic rings. The van der Waals surface area contributed by atoms with Crippen LogP contribution in [-0.4, -0.2) is 22.7 Å². The van der Waals surface area contributed by atoms with Crippen molar-refractivity contribution in [1.82, 2.24) is 0 Å². The number of benzene rings is 1. The molecular weight excluding hydrogens is 215 g/mol. The van der Waals surface area contributed by atoms with Crippen LogP contribution < -0.4 is 11.5 Å². The minimum absolute atomic E-state index is 0.203. The van der Waals surface area contributed by atoms with Gasteiger partial charge >= 0.3 is 5.97 Å². The summed E-state index contributed by atoms with van der Waals surface area (Å²) in [5.74, 6) is -2.70. The normalized spacial score (nSPS) is 12.4. The fourth-order valence-corrected chi connectivity index (χ4v) is 1.43. The van der Waals surface area contributed by atoms with E-state index in [2.05, 4.69) is 0 Å². The lowest BCUT2D eigenvalue weighted by Crippen LogP contribution is -2.17. The summed E-state index contributed by atoms with van der Waals surface area (Å²) in [6, 6.07) is 1.14. The number of aromatic carboxylic acids is 1. The number of carbonyl (C=O) groups is 1. The van der Waals surface area contributed by atoms with E-state index >= 15 is 0 Å². The molecule has 1 aromatic rings. The highest BCUT2D eigenvalue weighted by Crippen LogP contribution is 2.30. The molecule has 1 aromatic carbocycles. The van der Waals surface area contributed by atoms with Crippen molar-refractivity contribution in [1.29, 1.82) is 0 Å². The molecule has 6 heteroatoms. The van der Waals surface area contributed by atoms with Crippen molar-refractivity contribution >= 4 is 5.97 Å². The SMILES string of the molecule is NCC[C@@H](N)c1c(F)ccc(C(=O)O)c1O. The molecule has 0 radical (unpaired) electrons. The van der Waals surface area contributed by atoms with Crippen molar-refractivity contribution in [3.05, 3.63) is 29.1 Å². The highest BCUT2D eigenvalue weighted by molar-refractivity contribution is 5.91. The summed E-state index contributed by atoms with van der Waals surface area (Å²) in [5, 5.41) is 18.3. The van der Waals surface area contributed by atoms with E-state index in [9.17, 15) is 14.3 Å². The number of carboxylic acids is 1. The number of hydrogen-bond acceptors (Lipinski definition) is 4. The van der Waals surface area contributed by atoms with Gasteiger partial charge in [0.25, 0.3) is 0 Å². The Morgan fingerprint density at radius 3 is 2.62 bits per heavy atom. The average Bonchev–Trinajstić information content (AvgIpc) is 2.17. The van der Waals surface area contributed by atoms with Crippen molar-refractivity contribution in [2.24, 2.45) is 11.5 Å². The largest absolute Gasteiger partial charge is 0.507 e. The predicted molar refractivity (Wildman–Crippen MR) is 55.6 cm³/mol. The smallest absolute Gasteiger partial charge is 0.339 e. The summed E-state index contributed by atoms with van der Waals surface area (Å²) in [5.41, 5.74) is 10.3. The first-order valence-corrected chi connectivity index (χ1v) is 4.69.